The molecule has 1 aromatic carbocycles. The fourth-order valence-corrected chi connectivity index (χ4v) is 2.11. The van der Waals surface area contributed by atoms with Crippen molar-refractivity contribution < 1.29 is 4.79 Å². The van der Waals surface area contributed by atoms with Crippen molar-refractivity contribution in [2.24, 2.45) is 11.6 Å². The zero-order valence-electron chi connectivity index (χ0n) is 10.8. The largest absolute Gasteiger partial charge is 0.375 e. The molecule has 0 aliphatic carbocycles. The van der Waals surface area contributed by atoms with Crippen molar-refractivity contribution in [3.63, 3.8) is 0 Å². The van der Waals surface area contributed by atoms with E-state index in [9.17, 15) is 4.79 Å². The lowest BCUT2D eigenvalue weighted by Crippen LogP contribution is -2.46. The Morgan fingerprint density at radius 3 is 2.39 bits per heavy atom. The Hall–Kier alpha value is -1.46. The summed E-state index contributed by atoms with van der Waals surface area (Å²) in [6.07, 6.45) is 2.07. The molecule has 0 bridgehead atoms. The summed E-state index contributed by atoms with van der Waals surface area (Å²) in [6.45, 7) is 4.18. The predicted octanol–water partition coefficient (Wildman–Crippen LogP) is 1.30. The first-order chi connectivity index (χ1) is 8.51. The van der Waals surface area contributed by atoms with Gasteiger partial charge in [-0.15, -0.1) is 0 Å². The summed E-state index contributed by atoms with van der Waals surface area (Å²) in [7, 11) is 0. The van der Waals surface area contributed by atoms with E-state index in [1.54, 1.807) is 0 Å². The van der Waals surface area contributed by atoms with Gasteiger partial charge in [0.25, 0.3) is 0 Å². The molecule has 1 rings (SSSR count). The normalized spacial score (nSPS) is 10.2. The molecule has 0 spiro atoms. The van der Waals surface area contributed by atoms with Crippen molar-refractivity contribution >= 4 is 23.2 Å². The molecule has 1 amide bonds. The lowest BCUT2D eigenvalue weighted by molar-refractivity contribution is -0.126. The van der Waals surface area contributed by atoms with Gasteiger partial charge in [0.15, 0.2) is 5.11 Å². The van der Waals surface area contributed by atoms with Crippen LogP contribution in [0.15, 0.2) is 18.2 Å². The highest BCUT2D eigenvalue weighted by atomic mass is 32.1. The molecule has 98 valence electrons. The molecule has 0 radical (unpaired) electrons. The Labute approximate surface area is 113 Å². The molecule has 0 fully saturated rings. The highest BCUT2D eigenvalue weighted by Gasteiger charge is 2.15. The maximum Gasteiger partial charge on any atom is 0.247 e. The maximum absolute atomic E-state index is 11.9. The molecule has 1 aromatic rings. The number of aryl methyl sites for hydroxylation is 1. The molecule has 18 heavy (non-hydrogen) atoms. The van der Waals surface area contributed by atoms with Crippen LogP contribution in [-0.2, 0) is 24.1 Å². The molecule has 0 unspecified atom stereocenters. The fraction of sp³-hybridized carbons (Fsp3) is 0.385. The van der Waals surface area contributed by atoms with Gasteiger partial charge >= 0.3 is 0 Å². The molecule has 0 heterocycles. The topological polar surface area (TPSA) is 72.3 Å². The van der Waals surface area contributed by atoms with E-state index in [2.05, 4.69) is 32.1 Å². The molecule has 0 aromatic heterocycles. The minimum absolute atomic E-state index is 0.107. The van der Waals surface area contributed by atoms with Gasteiger partial charge in [-0.05, 0) is 41.7 Å². The number of nitrogens with zero attached hydrogens (tertiary/aromatic N) is 1. The first-order valence-electron chi connectivity index (χ1n) is 5.97. The molecule has 4 N–H and O–H groups in total. The van der Waals surface area contributed by atoms with Crippen LogP contribution in [0.25, 0.3) is 0 Å². The standard InChI is InChI=1S/C13H19N3OS/c1-3-9-6-5-7-10(11(9)4-2)8-12(17)16(15)13(14)18/h5-7H,3-4,8,15H2,1-2H3,(H2,14,18). The first-order valence-corrected chi connectivity index (χ1v) is 6.38. The molecule has 0 aliphatic heterocycles. The zero-order valence-corrected chi connectivity index (χ0v) is 11.6. The van der Waals surface area contributed by atoms with Gasteiger partial charge in [0.2, 0.25) is 5.91 Å². The van der Waals surface area contributed by atoms with E-state index in [0.717, 1.165) is 23.4 Å². The minimum atomic E-state index is -0.287. The van der Waals surface area contributed by atoms with E-state index in [0.29, 0.717) is 0 Å². The number of carbonyl (C=O) groups excluding carboxylic acids is 1. The fourth-order valence-electron chi connectivity index (χ4n) is 2.01. The number of nitrogens with two attached hydrogens (primary N) is 2. The summed E-state index contributed by atoms with van der Waals surface area (Å²) in [6, 6.07) is 5.99. The average molecular weight is 265 g/mol. The van der Waals surface area contributed by atoms with Gasteiger partial charge in [0.05, 0.1) is 6.42 Å². The van der Waals surface area contributed by atoms with Crippen LogP contribution in [0.4, 0.5) is 0 Å². The number of thiocarbonyl (C=S) groups is 1. The van der Waals surface area contributed by atoms with Crippen LogP contribution in [0, 0.1) is 0 Å². The Morgan fingerprint density at radius 2 is 1.89 bits per heavy atom. The number of amides is 1. The third-order valence-corrected chi connectivity index (χ3v) is 3.15. The highest BCUT2D eigenvalue weighted by Crippen LogP contribution is 2.17. The van der Waals surface area contributed by atoms with Crippen molar-refractivity contribution in [3.05, 3.63) is 34.9 Å². The number of hydrogen-bond donors (Lipinski definition) is 2. The van der Waals surface area contributed by atoms with E-state index >= 15 is 0 Å². The van der Waals surface area contributed by atoms with Crippen molar-refractivity contribution in [1.82, 2.24) is 5.01 Å². The van der Waals surface area contributed by atoms with Crippen LogP contribution in [0.5, 0.6) is 0 Å². The number of benzene rings is 1. The van der Waals surface area contributed by atoms with Crippen LogP contribution in [0.3, 0.4) is 0 Å². The third-order valence-electron chi connectivity index (χ3n) is 2.95. The Bertz CT molecular complexity index is 460. The second kappa shape index (κ2) is 6.47. The summed E-state index contributed by atoms with van der Waals surface area (Å²) < 4.78 is 0. The van der Waals surface area contributed by atoms with Gasteiger partial charge < -0.3 is 5.73 Å². The Balaban J connectivity index is 2.97. The quantitative estimate of drug-likeness (QED) is 0.372. The van der Waals surface area contributed by atoms with Crippen LogP contribution < -0.4 is 11.6 Å². The summed E-state index contributed by atoms with van der Waals surface area (Å²) in [4.78, 5) is 11.9. The van der Waals surface area contributed by atoms with E-state index in [1.165, 1.54) is 11.1 Å². The number of rotatable bonds is 4. The van der Waals surface area contributed by atoms with Gasteiger partial charge in [-0.25, -0.2) is 10.9 Å². The summed E-state index contributed by atoms with van der Waals surface area (Å²) in [5, 5.41) is 0.720. The van der Waals surface area contributed by atoms with Gasteiger partial charge in [-0.3, -0.25) is 4.79 Å². The number of hydrazine groups is 1. The first kappa shape index (κ1) is 14.6. The van der Waals surface area contributed by atoms with Gasteiger partial charge in [0, 0.05) is 0 Å². The molecule has 4 nitrogen and oxygen atoms in total. The lowest BCUT2D eigenvalue weighted by atomic mass is 9.95. The molecule has 0 aliphatic rings. The Morgan fingerprint density at radius 1 is 1.28 bits per heavy atom. The summed E-state index contributed by atoms with van der Waals surface area (Å²) in [5.74, 6) is 5.20. The van der Waals surface area contributed by atoms with Gasteiger partial charge in [-0.1, -0.05) is 32.0 Å². The SMILES string of the molecule is CCc1cccc(CC(=O)N(N)C(N)=S)c1CC. The molecule has 5 heteroatoms. The second-order valence-corrected chi connectivity index (χ2v) is 4.46. The minimum Gasteiger partial charge on any atom is -0.375 e. The lowest BCUT2D eigenvalue weighted by Gasteiger charge is -2.16. The highest BCUT2D eigenvalue weighted by molar-refractivity contribution is 7.80. The van der Waals surface area contributed by atoms with Crippen LogP contribution in [-0.4, -0.2) is 16.0 Å². The van der Waals surface area contributed by atoms with Crippen LogP contribution in [0.2, 0.25) is 0 Å². The molecular weight excluding hydrogens is 246 g/mol. The van der Waals surface area contributed by atoms with Crippen molar-refractivity contribution in [3.8, 4) is 0 Å². The zero-order chi connectivity index (χ0) is 13.7. The second-order valence-electron chi connectivity index (χ2n) is 4.04. The molecule has 0 saturated carbocycles. The molecule has 0 atom stereocenters. The van der Waals surface area contributed by atoms with Crippen molar-refractivity contribution in [2.75, 3.05) is 0 Å². The van der Waals surface area contributed by atoms with Crippen molar-refractivity contribution in [2.45, 2.75) is 33.1 Å². The van der Waals surface area contributed by atoms with Crippen LogP contribution in [0.1, 0.15) is 30.5 Å². The smallest absolute Gasteiger partial charge is 0.247 e. The number of carbonyl (C=O) groups is 1. The third kappa shape index (κ3) is 3.27. The van der Waals surface area contributed by atoms with Gasteiger partial charge in [0.1, 0.15) is 0 Å². The van der Waals surface area contributed by atoms with Gasteiger partial charge in [-0.2, -0.15) is 0 Å². The molecule has 0 saturated heterocycles. The average Bonchev–Trinajstić information content (AvgIpc) is 2.37. The summed E-state index contributed by atoms with van der Waals surface area (Å²) in [5.41, 5.74) is 8.80. The molecular formula is C13H19N3OS. The van der Waals surface area contributed by atoms with E-state index in [4.69, 9.17) is 11.6 Å². The van der Waals surface area contributed by atoms with E-state index in [-0.39, 0.29) is 17.4 Å². The predicted molar refractivity (Wildman–Crippen MR) is 76.7 cm³/mol. The van der Waals surface area contributed by atoms with Crippen LogP contribution >= 0.6 is 12.2 Å². The van der Waals surface area contributed by atoms with E-state index in [1.807, 2.05) is 12.1 Å². The van der Waals surface area contributed by atoms with Crippen molar-refractivity contribution in [1.29, 1.82) is 0 Å². The summed E-state index contributed by atoms with van der Waals surface area (Å²) >= 11 is 4.68. The maximum atomic E-state index is 11.9. The Kier molecular flexibility index (Phi) is 5.25. The van der Waals surface area contributed by atoms with E-state index < -0.39 is 0 Å². The monoisotopic (exact) mass is 265 g/mol. The number of hydrogen-bond acceptors (Lipinski definition) is 3.